The summed E-state index contributed by atoms with van der Waals surface area (Å²) < 4.78 is 14.9. The standard InChI is InChI=1S/C17H21BFN3S/c1-3-22(18)23(2)16-7-4-13(5-8-16)11-21-12-14-10-15(19)6-9-17(14)20/h4-10,21H,2-3,11-12,20H2,1H3. The van der Waals surface area contributed by atoms with Crippen LogP contribution in [0.25, 0.3) is 0 Å². The van der Waals surface area contributed by atoms with Gasteiger partial charge < -0.3 is 15.3 Å². The van der Waals surface area contributed by atoms with Crippen molar-refractivity contribution >= 4 is 30.2 Å². The summed E-state index contributed by atoms with van der Waals surface area (Å²) in [7, 11) is 5.54. The normalized spacial score (nSPS) is 12.5. The molecule has 0 aliphatic heterocycles. The van der Waals surface area contributed by atoms with Gasteiger partial charge in [0.1, 0.15) is 5.82 Å². The van der Waals surface area contributed by atoms with Gasteiger partial charge in [0.05, 0.1) is 0 Å². The number of nitrogen functional groups attached to an aromatic ring is 1. The molecule has 3 N–H and O–H groups in total. The van der Waals surface area contributed by atoms with Gasteiger partial charge in [0.25, 0.3) is 0 Å². The summed E-state index contributed by atoms with van der Waals surface area (Å²) in [6.45, 7) is 3.96. The van der Waals surface area contributed by atoms with Crippen molar-refractivity contribution < 1.29 is 4.39 Å². The monoisotopic (exact) mass is 329 g/mol. The lowest BCUT2D eigenvalue weighted by atomic mass is 10.1. The predicted molar refractivity (Wildman–Crippen MR) is 98.9 cm³/mol. The third-order valence-electron chi connectivity index (χ3n) is 3.54. The maximum atomic E-state index is 13.2. The number of halogens is 1. The Bertz CT molecular complexity index is 676. The summed E-state index contributed by atoms with van der Waals surface area (Å²) in [6.07, 6.45) is 0. The van der Waals surface area contributed by atoms with Crippen molar-refractivity contribution in [1.82, 2.24) is 9.53 Å². The zero-order chi connectivity index (χ0) is 16.8. The summed E-state index contributed by atoms with van der Waals surface area (Å²) in [5, 5.41) is 3.27. The quantitative estimate of drug-likeness (QED) is 0.466. The van der Waals surface area contributed by atoms with Crippen LogP contribution in [0.3, 0.4) is 0 Å². The Morgan fingerprint density at radius 3 is 2.57 bits per heavy atom. The molecule has 2 radical (unpaired) electrons. The Hall–Kier alpha value is -1.63. The summed E-state index contributed by atoms with van der Waals surface area (Å²) >= 11 is 0. The minimum absolute atomic E-state index is 0.273. The van der Waals surface area contributed by atoms with Crippen LogP contribution in [-0.2, 0) is 13.1 Å². The average molecular weight is 329 g/mol. The van der Waals surface area contributed by atoms with Gasteiger partial charge >= 0.3 is 0 Å². The Morgan fingerprint density at radius 1 is 1.22 bits per heavy atom. The molecule has 0 aromatic heterocycles. The van der Waals surface area contributed by atoms with E-state index in [0.717, 1.165) is 22.6 Å². The van der Waals surface area contributed by atoms with Crippen LogP contribution in [0, 0.1) is 5.82 Å². The van der Waals surface area contributed by atoms with E-state index in [1.807, 2.05) is 31.2 Å². The number of nitrogens with zero attached hydrogens (tertiary/aromatic N) is 1. The van der Waals surface area contributed by atoms with Gasteiger partial charge in [0.2, 0.25) is 0 Å². The highest BCUT2D eigenvalue weighted by Gasteiger charge is 2.03. The van der Waals surface area contributed by atoms with Crippen LogP contribution in [0.2, 0.25) is 0 Å². The molecule has 0 saturated heterocycles. The number of anilines is 1. The molecule has 1 unspecified atom stereocenters. The molecular formula is C17H21BFN3S. The van der Waals surface area contributed by atoms with E-state index in [1.165, 1.54) is 12.1 Å². The lowest BCUT2D eigenvalue weighted by molar-refractivity contribution is 0.620. The third kappa shape index (κ3) is 4.92. The highest BCUT2D eigenvalue weighted by atomic mass is 32.2. The fourth-order valence-corrected chi connectivity index (χ4v) is 3.16. The van der Waals surface area contributed by atoms with Crippen LogP contribution in [0.4, 0.5) is 10.1 Å². The first-order chi connectivity index (χ1) is 11.0. The molecule has 2 aromatic rings. The third-order valence-corrected chi connectivity index (χ3v) is 5.18. The molecule has 1 atom stereocenters. The molecule has 0 aliphatic rings. The van der Waals surface area contributed by atoms with E-state index in [0.29, 0.717) is 18.8 Å². The molecule has 0 saturated carbocycles. The van der Waals surface area contributed by atoms with E-state index in [2.05, 4.69) is 11.2 Å². The summed E-state index contributed by atoms with van der Waals surface area (Å²) in [6, 6.07) is 12.6. The number of hydrogen-bond donors (Lipinski definition) is 2. The number of nitrogens with one attached hydrogen (secondary N) is 1. The van der Waals surface area contributed by atoms with Crippen LogP contribution >= 0.6 is 10.7 Å². The van der Waals surface area contributed by atoms with Crippen LogP contribution in [0.1, 0.15) is 18.1 Å². The van der Waals surface area contributed by atoms with E-state index in [4.69, 9.17) is 13.7 Å². The van der Waals surface area contributed by atoms with Gasteiger partial charge in [-0.05, 0) is 48.0 Å². The Labute approximate surface area is 141 Å². The number of rotatable bonds is 7. The minimum Gasteiger partial charge on any atom is -0.398 e. The highest BCUT2D eigenvalue weighted by Crippen LogP contribution is 2.27. The predicted octanol–water partition coefficient (Wildman–Crippen LogP) is 3.08. The van der Waals surface area contributed by atoms with Crippen LogP contribution in [0.15, 0.2) is 47.4 Å². The fraction of sp³-hybridized carbons (Fsp3) is 0.235. The first-order valence-corrected chi connectivity index (χ1v) is 8.76. The zero-order valence-electron chi connectivity index (χ0n) is 13.3. The molecule has 0 amide bonds. The molecule has 0 heterocycles. The van der Waals surface area contributed by atoms with Gasteiger partial charge in [-0.25, -0.2) is 4.39 Å². The molecule has 0 bridgehead atoms. The Balaban J connectivity index is 1.91. The SMILES string of the molecule is [B]N(CC)S(=C)c1ccc(CNCc2cc(F)ccc2N)cc1. The second-order valence-electron chi connectivity index (χ2n) is 5.19. The molecule has 0 aliphatic carbocycles. The smallest absolute Gasteiger partial charge is 0.199 e. The van der Waals surface area contributed by atoms with Crippen molar-refractivity contribution in [1.29, 1.82) is 0 Å². The molecule has 6 heteroatoms. The Kier molecular flexibility index (Phi) is 6.39. The average Bonchev–Trinajstić information content (AvgIpc) is 2.57. The van der Waals surface area contributed by atoms with Crippen LogP contribution in [0.5, 0.6) is 0 Å². The molecular weight excluding hydrogens is 308 g/mol. The summed E-state index contributed by atoms with van der Waals surface area (Å²) in [5.41, 5.74) is 8.34. The van der Waals surface area contributed by atoms with Crippen molar-refractivity contribution in [3.8, 4) is 0 Å². The van der Waals surface area contributed by atoms with Gasteiger partial charge in [-0.2, -0.15) is 0 Å². The fourth-order valence-electron chi connectivity index (χ4n) is 2.12. The van der Waals surface area contributed by atoms with E-state index >= 15 is 0 Å². The number of hydrogen-bond acceptors (Lipinski definition) is 3. The largest absolute Gasteiger partial charge is 0.398 e. The van der Waals surface area contributed by atoms with Gasteiger partial charge in [0.15, 0.2) is 7.98 Å². The molecule has 2 aromatic carbocycles. The Morgan fingerprint density at radius 2 is 1.91 bits per heavy atom. The van der Waals surface area contributed by atoms with Gasteiger partial charge in [0, 0.05) is 23.7 Å². The topological polar surface area (TPSA) is 41.3 Å². The van der Waals surface area contributed by atoms with E-state index < -0.39 is 0 Å². The van der Waals surface area contributed by atoms with Crippen molar-refractivity contribution in [2.45, 2.75) is 24.9 Å². The van der Waals surface area contributed by atoms with E-state index in [1.54, 1.807) is 10.3 Å². The minimum atomic E-state index is -0.345. The first-order valence-electron chi connectivity index (χ1n) is 7.41. The van der Waals surface area contributed by atoms with Gasteiger partial charge in [-0.3, -0.25) is 0 Å². The maximum absolute atomic E-state index is 13.2. The zero-order valence-corrected chi connectivity index (χ0v) is 14.1. The first kappa shape index (κ1) is 17.7. The molecule has 0 spiro atoms. The molecule has 120 valence electrons. The lowest BCUT2D eigenvalue weighted by Gasteiger charge is -2.19. The second-order valence-corrected chi connectivity index (χ2v) is 6.86. The van der Waals surface area contributed by atoms with Crippen molar-refractivity contribution in [3.63, 3.8) is 0 Å². The number of benzene rings is 2. The highest BCUT2D eigenvalue weighted by molar-refractivity contribution is 8.12. The molecule has 0 fully saturated rings. The number of nitrogens with two attached hydrogens (primary N) is 1. The second kappa shape index (κ2) is 8.29. The van der Waals surface area contributed by atoms with Crippen molar-refractivity contribution in [2.75, 3.05) is 12.3 Å². The van der Waals surface area contributed by atoms with Gasteiger partial charge in [-0.15, -0.1) is 10.7 Å². The lowest BCUT2D eigenvalue weighted by Crippen LogP contribution is -2.14. The molecule has 2 rings (SSSR count). The van der Waals surface area contributed by atoms with Crippen molar-refractivity contribution in [2.24, 2.45) is 0 Å². The summed E-state index contributed by atoms with van der Waals surface area (Å²) in [4.78, 5) is 1.10. The van der Waals surface area contributed by atoms with E-state index in [-0.39, 0.29) is 16.5 Å². The van der Waals surface area contributed by atoms with Crippen LogP contribution < -0.4 is 11.1 Å². The maximum Gasteiger partial charge on any atom is 0.199 e. The van der Waals surface area contributed by atoms with E-state index in [9.17, 15) is 4.39 Å². The van der Waals surface area contributed by atoms with Crippen LogP contribution in [-0.4, -0.2) is 24.6 Å². The van der Waals surface area contributed by atoms with Gasteiger partial charge in [-0.1, -0.05) is 24.9 Å². The van der Waals surface area contributed by atoms with Crippen molar-refractivity contribution in [3.05, 3.63) is 59.4 Å². The molecule has 23 heavy (non-hydrogen) atoms. The summed E-state index contributed by atoms with van der Waals surface area (Å²) in [5.74, 6) is 3.82. The molecule has 3 nitrogen and oxygen atoms in total.